The number of rotatable bonds is 6. The van der Waals surface area contributed by atoms with Crippen LogP contribution in [0.4, 0.5) is 0 Å². The molecule has 0 N–H and O–H groups in total. The first-order valence-electron chi connectivity index (χ1n) is 6.06. The maximum atomic E-state index is 11.4. The van der Waals surface area contributed by atoms with E-state index in [0.29, 0.717) is 24.4 Å². The van der Waals surface area contributed by atoms with Gasteiger partial charge in [0.15, 0.2) is 0 Å². The third-order valence-corrected chi connectivity index (χ3v) is 2.56. The number of allylic oxidation sites excluding steroid dienone is 6. The second-order valence-corrected chi connectivity index (χ2v) is 4.22. The minimum Gasteiger partial charge on any atom is -0.425 e. The molecule has 4 nitrogen and oxygen atoms in total. The largest absolute Gasteiger partial charge is 0.425 e. The summed E-state index contributed by atoms with van der Waals surface area (Å²) in [4.78, 5) is 11.4. The van der Waals surface area contributed by atoms with Gasteiger partial charge in [0.1, 0.15) is 11.5 Å². The SMILES string of the molecule is C=CC(=O)OC(C)(OC1=CC=CC1)OC1=CC=CC1. The van der Waals surface area contributed by atoms with Crippen LogP contribution < -0.4 is 0 Å². The molecular formula is C15H16O4. The Kier molecular flexibility index (Phi) is 3.90. The molecule has 0 aromatic heterocycles. The highest BCUT2D eigenvalue weighted by atomic mass is 16.9. The normalized spacial score (nSPS) is 16.9. The molecule has 0 aromatic rings. The van der Waals surface area contributed by atoms with E-state index in [4.69, 9.17) is 14.2 Å². The van der Waals surface area contributed by atoms with Crippen molar-refractivity contribution in [3.63, 3.8) is 0 Å². The zero-order chi connectivity index (χ0) is 13.7. The molecule has 0 aliphatic heterocycles. The molecule has 100 valence electrons. The summed E-state index contributed by atoms with van der Waals surface area (Å²) in [6, 6.07) is 0. The van der Waals surface area contributed by atoms with Gasteiger partial charge in [-0.25, -0.2) is 4.79 Å². The molecule has 0 aromatic carbocycles. The summed E-state index contributed by atoms with van der Waals surface area (Å²) in [6.07, 6.45) is 13.7. The van der Waals surface area contributed by atoms with Gasteiger partial charge < -0.3 is 14.2 Å². The molecule has 0 radical (unpaired) electrons. The molecular weight excluding hydrogens is 244 g/mol. The molecule has 0 atom stereocenters. The summed E-state index contributed by atoms with van der Waals surface area (Å²) in [5.74, 6) is -0.710. The summed E-state index contributed by atoms with van der Waals surface area (Å²) in [5.41, 5.74) is 0. The third kappa shape index (κ3) is 3.61. The van der Waals surface area contributed by atoms with E-state index >= 15 is 0 Å². The predicted octanol–water partition coefficient (Wildman–Crippen LogP) is 3.11. The van der Waals surface area contributed by atoms with Crippen molar-refractivity contribution in [3.8, 4) is 0 Å². The number of carbonyl (C=O) groups excluding carboxylic acids is 1. The van der Waals surface area contributed by atoms with Crippen molar-refractivity contribution in [1.82, 2.24) is 0 Å². The van der Waals surface area contributed by atoms with Crippen molar-refractivity contribution < 1.29 is 19.0 Å². The van der Waals surface area contributed by atoms with E-state index in [1.54, 1.807) is 6.92 Å². The molecule has 4 heteroatoms. The molecule has 0 fully saturated rings. The van der Waals surface area contributed by atoms with Crippen LogP contribution in [0, 0.1) is 0 Å². The lowest BCUT2D eigenvalue weighted by Crippen LogP contribution is -2.37. The molecule has 0 saturated carbocycles. The molecule has 2 aliphatic rings. The van der Waals surface area contributed by atoms with Crippen LogP contribution in [0.5, 0.6) is 0 Å². The van der Waals surface area contributed by atoms with E-state index in [-0.39, 0.29) is 0 Å². The summed E-state index contributed by atoms with van der Waals surface area (Å²) >= 11 is 0. The van der Waals surface area contributed by atoms with Crippen molar-refractivity contribution in [3.05, 3.63) is 60.6 Å². The molecule has 0 bridgehead atoms. The van der Waals surface area contributed by atoms with Crippen molar-refractivity contribution >= 4 is 5.97 Å². The van der Waals surface area contributed by atoms with Gasteiger partial charge in [-0.05, 0) is 12.2 Å². The van der Waals surface area contributed by atoms with Crippen molar-refractivity contribution in [2.24, 2.45) is 0 Å². The van der Waals surface area contributed by atoms with Gasteiger partial charge >= 0.3 is 11.9 Å². The Morgan fingerprint density at radius 1 is 1.21 bits per heavy atom. The quantitative estimate of drug-likeness (QED) is 0.418. The minimum atomic E-state index is -1.49. The lowest BCUT2D eigenvalue weighted by Gasteiger charge is -2.30. The third-order valence-electron chi connectivity index (χ3n) is 2.56. The lowest BCUT2D eigenvalue weighted by molar-refractivity contribution is -0.321. The molecule has 0 saturated heterocycles. The number of carbonyl (C=O) groups is 1. The van der Waals surface area contributed by atoms with Crippen LogP contribution in [0.2, 0.25) is 0 Å². The van der Waals surface area contributed by atoms with E-state index in [1.807, 2.05) is 36.5 Å². The van der Waals surface area contributed by atoms with Gasteiger partial charge in [0.25, 0.3) is 0 Å². The first kappa shape index (κ1) is 13.2. The van der Waals surface area contributed by atoms with Gasteiger partial charge in [-0.2, -0.15) is 0 Å². The summed E-state index contributed by atoms with van der Waals surface area (Å²) in [5, 5.41) is 0. The van der Waals surface area contributed by atoms with Gasteiger partial charge in [0, 0.05) is 18.9 Å². The Morgan fingerprint density at radius 2 is 1.74 bits per heavy atom. The minimum absolute atomic E-state index is 0.597. The van der Waals surface area contributed by atoms with Gasteiger partial charge in [-0.15, -0.1) is 0 Å². The summed E-state index contributed by atoms with van der Waals surface area (Å²) in [6.45, 7) is 4.93. The Hall–Kier alpha value is -2.23. The Bertz CT molecular complexity index is 462. The first-order chi connectivity index (χ1) is 9.11. The van der Waals surface area contributed by atoms with Crippen LogP contribution in [-0.2, 0) is 19.0 Å². The van der Waals surface area contributed by atoms with Gasteiger partial charge in [0.2, 0.25) is 0 Å². The van der Waals surface area contributed by atoms with Crippen LogP contribution in [0.1, 0.15) is 19.8 Å². The maximum Gasteiger partial charge on any atom is 0.415 e. The number of ether oxygens (including phenoxy) is 3. The van der Waals surface area contributed by atoms with Crippen LogP contribution in [-0.4, -0.2) is 11.9 Å². The zero-order valence-corrected chi connectivity index (χ0v) is 10.8. The molecule has 0 spiro atoms. The fourth-order valence-corrected chi connectivity index (χ4v) is 1.77. The number of hydrogen-bond acceptors (Lipinski definition) is 4. The monoisotopic (exact) mass is 260 g/mol. The Labute approximate surface area is 112 Å². The topological polar surface area (TPSA) is 44.8 Å². The molecule has 2 aliphatic carbocycles. The van der Waals surface area contributed by atoms with Crippen molar-refractivity contribution in [1.29, 1.82) is 0 Å². The van der Waals surface area contributed by atoms with Crippen LogP contribution in [0.15, 0.2) is 60.6 Å². The average molecular weight is 260 g/mol. The lowest BCUT2D eigenvalue weighted by atomic mass is 10.4. The highest BCUT2D eigenvalue weighted by Crippen LogP contribution is 2.28. The maximum absolute atomic E-state index is 11.4. The smallest absolute Gasteiger partial charge is 0.415 e. The average Bonchev–Trinajstić information content (AvgIpc) is 3.02. The highest BCUT2D eigenvalue weighted by molar-refractivity contribution is 5.81. The molecule has 0 unspecified atom stereocenters. The zero-order valence-electron chi connectivity index (χ0n) is 10.8. The molecule has 19 heavy (non-hydrogen) atoms. The number of esters is 1. The van der Waals surface area contributed by atoms with Crippen LogP contribution in [0.3, 0.4) is 0 Å². The van der Waals surface area contributed by atoms with E-state index in [0.717, 1.165) is 6.08 Å². The van der Waals surface area contributed by atoms with E-state index in [9.17, 15) is 4.79 Å². The van der Waals surface area contributed by atoms with Crippen LogP contribution >= 0.6 is 0 Å². The fraction of sp³-hybridized carbons (Fsp3) is 0.267. The Balaban J connectivity index is 2.06. The van der Waals surface area contributed by atoms with Gasteiger partial charge in [0.05, 0.1) is 6.92 Å². The molecule has 0 amide bonds. The standard InChI is InChI=1S/C15H16O4/c1-3-14(16)19-15(2,17-12-8-4-5-9-12)18-13-10-6-7-11-13/h3-8,10H,1,9,11H2,2H3. The van der Waals surface area contributed by atoms with E-state index in [2.05, 4.69) is 6.58 Å². The summed E-state index contributed by atoms with van der Waals surface area (Å²) in [7, 11) is 0. The van der Waals surface area contributed by atoms with Crippen LogP contribution in [0.25, 0.3) is 0 Å². The predicted molar refractivity (Wildman–Crippen MR) is 70.5 cm³/mol. The van der Waals surface area contributed by atoms with Gasteiger partial charge in [-0.1, -0.05) is 30.9 Å². The van der Waals surface area contributed by atoms with Crippen molar-refractivity contribution in [2.45, 2.75) is 25.7 Å². The highest BCUT2D eigenvalue weighted by Gasteiger charge is 2.35. The van der Waals surface area contributed by atoms with Crippen molar-refractivity contribution in [2.75, 3.05) is 0 Å². The van der Waals surface area contributed by atoms with E-state index < -0.39 is 11.9 Å². The second kappa shape index (κ2) is 5.61. The number of hydrogen-bond donors (Lipinski definition) is 0. The first-order valence-corrected chi connectivity index (χ1v) is 6.06. The van der Waals surface area contributed by atoms with E-state index in [1.165, 1.54) is 0 Å². The molecule has 2 rings (SSSR count). The van der Waals surface area contributed by atoms with Gasteiger partial charge in [-0.3, -0.25) is 0 Å². The Morgan fingerprint density at radius 3 is 2.11 bits per heavy atom. The summed E-state index contributed by atoms with van der Waals surface area (Å²) < 4.78 is 16.5. The fourth-order valence-electron chi connectivity index (χ4n) is 1.77. The molecule has 0 heterocycles. The second-order valence-electron chi connectivity index (χ2n) is 4.22.